The highest BCUT2D eigenvalue weighted by molar-refractivity contribution is 7.89. The molecule has 12 heteroatoms. The second-order valence-electron chi connectivity index (χ2n) is 10.1. The van der Waals surface area contributed by atoms with Gasteiger partial charge in [-0.1, -0.05) is 35.3 Å². The Balaban J connectivity index is 1.30. The van der Waals surface area contributed by atoms with Crippen LogP contribution in [0.2, 0.25) is 10.0 Å². The molecule has 9 nitrogen and oxygen atoms in total. The number of fused-ring (bicyclic) bond motifs is 1. The van der Waals surface area contributed by atoms with Gasteiger partial charge in [-0.3, -0.25) is 4.79 Å². The summed E-state index contributed by atoms with van der Waals surface area (Å²) in [6, 6.07) is 9.84. The van der Waals surface area contributed by atoms with Crippen molar-refractivity contribution in [1.29, 1.82) is 0 Å². The van der Waals surface area contributed by atoms with Gasteiger partial charge in [0.05, 0.1) is 17.0 Å². The maximum Gasteiger partial charge on any atom is 0.245 e. The van der Waals surface area contributed by atoms with Gasteiger partial charge >= 0.3 is 0 Å². The Morgan fingerprint density at radius 3 is 2.75 bits per heavy atom. The molecule has 2 aliphatic rings. The van der Waals surface area contributed by atoms with Crippen molar-refractivity contribution in [3.05, 3.63) is 76.4 Å². The first-order chi connectivity index (χ1) is 19.2. The standard InChI is InChI=1S/C28H27Cl2N5O4S/c1-17-14-23(34-13-11-31-16-34)19-4-2-6-24(27(19)32-17)39-15-20-21(29)9-10-25(26(20)30)40(37,38)35-12-3-5-22(35)28(36)33-18-7-8-18/h2,4,6,9-11,13-14,16,18,22H,3,5,7-8,12,15H2,1H3,(H,33,36). The maximum absolute atomic E-state index is 13.7. The van der Waals surface area contributed by atoms with Crippen LogP contribution in [0.1, 0.15) is 36.9 Å². The first kappa shape index (κ1) is 27.0. The van der Waals surface area contributed by atoms with Crippen molar-refractivity contribution in [1.82, 2.24) is 24.2 Å². The van der Waals surface area contributed by atoms with Crippen LogP contribution in [0, 0.1) is 6.92 Å². The minimum atomic E-state index is -4.07. The molecule has 3 heterocycles. The van der Waals surface area contributed by atoms with E-state index in [-0.39, 0.29) is 40.0 Å². The van der Waals surface area contributed by atoms with Crippen molar-refractivity contribution in [2.75, 3.05) is 6.54 Å². The number of nitrogens with zero attached hydrogens (tertiary/aromatic N) is 4. The van der Waals surface area contributed by atoms with Crippen LogP contribution in [0.3, 0.4) is 0 Å². The van der Waals surface area contributed by atoms with Gasteiger partial charge in [0.25, 0.3) is 0 Å². The molecule has 1 unspecified atom stereocenters. The predicted molar refractivity (Wildman–Crippen MR) is 152 cm³/mol. The smallest absolute Gasteiger partial charge is 0.245 e. The van der Waals surface area contributed by atoms with E-state index in [9.17, 15) is 13.2 Å². The van der Waals surface area contributed by atoms with Crippen LogP contribution in [-0.2, 0) is 21.4 Å². The van der Waals surface area contributed by atoms with Crippen LogP contribution in [0.5, 0.6) is 5.75 Å². The molecule has 1 saturated heterocycles. The molecule has 1 amide bonds. The zero-order chi connectivity index (χ0) is 28.0. The van der Waals surface area contributed by atoms with E-state index in [0.29, 0.717) is 29.7 Å². The van der Waals surface area contributed by atoms with Crippen molar-refractivity contribution in [2.45, 2.75) is 56.2 Å². The van der Waals surface area contributed by atoms with Gasteiger partial charge in [0, 0.05) is 46.6 Å². The lowest BCUT2D eigenvalue weighted by Crippen LogP contribution is -2.46. The molecule has 0 radical (unpaired) electrons. The minimum absolute atomic E-state index is 0.0239. The van der Waals surface area contributed by atoms with Crippen LogP contribution in [0.15, 0.2) is 60.0 Å². The Bertz CT molecular complexity index is 1710. The number of amides is 1. The highest BCUT2D eigenvalue weighted by atomic mass is 35.5. The summed E-state index contributed by atoms with van der Waals surface area (Å²) in [5.41, 5.74) is 2.67. The zero-order valence-electron chi connectivity index (χ0n) is 21.7. The van der Waals surface area contributed by atoms with Crippen LogP contribution >= 0.6 is 23.2 Å². The number of hydrogen-bond donors (Lipinski definition) is 1. The van der Waals surface area contributed by atoms with E-state index in [1.807, 2.05) is 35.9 Å². The summed E-state index contributed by atoms with van der Waals surface area (Å²) in [5, 5.41) is 4.04. The van der Waals surface area contributed by atoms with E-state index in [1.165, 1.54) is 16.4 Å². The third-order valence-electron chi connectivity index (χ3n) is 7.23. The number of aryl methyl sites for hydroxylation is 1. The molecule has 0 spiro atoms. The molecule has 40 heavy (non-hydrogen) atoms. The lowest BCUT2D eigenvalue weighted by molar-refractivity contribution is -0.124. The first-order valence-corrected chi connectivity index (χ1v) is 15.2. The number of nitrogens with one attached hydrogen (secondary N) is 1. The number of rotatable bonds is 8. The van der Waals surface area contributed by atoms with Gasteiger partial charge in [-0.2, -0.15) is 4.31 Å². The fraction of sp³-hybridized carbons (Fsp3) is 0.321. The SMILES string of the molecule is Cc1cc(-n2ccnc2)c2cccc(OCc3c(Cl)ccc(S(=O)(=O)N4CCCC4C(=O)NC4CC4)c3Cl)c2n1. The normalized spacial score (nSPS) is 17.8. The van der Waals surface area contributed by atoms with E-state index in [0.717, 1.165) is 29.6 Å². The molecule has 1 saturated carbocycles. The number of carbonyl (C=O) groups excluding carboxylic acids is 1. The van der Waals surface area contributed by atoms with E-state index >= 15 is 0 Å². The van der Waals surface area contributed by atoms with Crippen molar-refractivity contribution in [2.24, 2.45) is 0 Å². The molecule has 2 fully saturated rings. The number of imidazole rings is 1. The molecule has 2 aromatic carbocycles. The number of ether oxygens (including phenoxy) is 1. The van der Waals surface area contributed by atoms with Gasteiger partial charge in [-0.05, 0) is 56.9 Å². The third kappa shape index (κ3) is 5.05. The number of carbonyl (C=O) groups is 1. The summed E-state index contributed by atoms with van der Waals surface area (Å²) >= 11 is 13.2. The third-order valence-corrected chi connectivity index (χ3v) is 10.1. The Labute approximate surface area is 242 Å². The summed E-state index contributed by atoms with van der Waals surface area (Å²) in [6.45, 7) is 2.06. The highest BCUT2D eigenvalue weighted by Crippen LogP contribution is 2.37. The lowest BCUT2D eigenvalue weighted by Gasteiger charge is -2.24. The number of benzene rings is 2. The summed E-state index contributed by atoms with van der Waals surface area (Å²) in [5.74, 6) is 0.241. The molecule has 1 aliphatic heterocycles. The topological polar surface area (TPSA) is 106 Å². The summed E-state index contributed by atoms with van der Waals surface area (Å²) in [4.78, 5) is 21.5. The first-order valence-electron chi connectivity index (χ1n) is 13.0. The minimum Gasteiger partial charge on any atom is -0.487 e. The molecule has 0 bridgehead atoms. The van der Waals surface area contributed by atoms with Gasteiger partial charge in [0.15, 0.2) is 0 Å². The summed E-state index contributed by atoms with van der Waals surface area (Å²) in [7, 11) is -4.07. The average Bonchev–Trinajstić information content (AvgIpc) is 3.36. The number of para-hydroxylation sites is 1. The van der Waals surface area contributed by atoms with E-state index in [2.05, 4.69) is 10.3 Å². The van der Waals surface area contributed by atoms with Crippen LogP contribution < -0.4 is 10.1 Å². The predicted octanol–water partition coefficient (Wildman–Crippen LogP) is 5.05. The quantitative estimate of drug-likeness (QED) is 0.304. The summed E-state index contributed by atoms with van der Waals surface area (Å²) in [6.07, 6.45) is 8.19. The monoisotopic (exact) mass is 599 g/mol. The second kappa shape index (κ2) is 10.7. The Hall–Kier alpha value is -3.18. The number of pyridine rings is 1. The van der Waals surface area contributed by atoms with Gasteiger partial charge < -0.3 is 14.6 Å². The zero-order valence-corrected chi connectivity index (χ0v) is 24.0. The number of hydrogen-bond acceptors (Lipinski definition) is 6. The Morgan fingerprint density at radius 2 is 2.00 bits per heavy atom. The van der Waals surface area contributed by atoms with E-state index in [4.69, 9.17) is 32.9 Å². The van der Waals surface area contributed by atoms with Crippen molar-refractivity contribution >= 4 is 50.0 Å². The highest BCUT2D eigenvalue weighted by Gasteiger charge is 2.42. The molecular weight excluding hydrogens is 573 g/mol. The van der Waals surface area contributed by atoms with Crippen LogP contribution in [0.4, 0.5) is 0 Å². The molecule has 1 N–H and O–H groups in total. The molecule has 1 aliphatic carbocycles. The van der Waals surface area contributed by atoms with Crippen LogP contribution in [0.25, 0.3) is 16.6 Å². The largest absolute Gasteiger partial charge is 0.487 e. The molecule has 208 valence electrons. The van der Waals surface area contributed by atoms with Gasteiger partial charge in [0.2, 0.25) is 15.9 Å². The molecule has 1 atom stereocenters. The fourth-order valence-corrected chi connectivity index (χ4v) is 7.58. The number of sulfonamides is 1. The second-order valence-corrected chi connectivity index (χ2v) is 12.7. The average molecular weight is 601 g/mol. The molecular formula is C28H27Cl2N5O4S. The van der Waals surface area contributed by atoms with Crippen molar-refractivity contribution in [3.8, 4) is 11.4 Å². The van der Waals surface area contributed by atoms with Crippen molar-refractivity contribution < 1.29 is 17.9 Å². The van der Waals surface area contributed by atoms with Gasteiger partial charge in [-0.15, -0.1) is 0 Å². The van der Waals surface area contributed by atoms with E-state index < -0.39 is 16.1 Å². The molecule has 2 aromatic heterocycles. The van der Waals surface area contributed by atoms with Gasteiger partial charge in [0.1, 0.15) is 28.8 Å². The van der Waals surface area contributed by atoms with Gasteiger partial charge in [-0.25, -0.2) is 18.4 Å². The lowest BCUT2D eigenvalue weighted by atomic mass is 10.1. The number of halogens is 2. The maximum atomic E-state index is 13.7. The fourth-order valence-electron chi connectivity index (χ4n) is 5.06. The summed E-state index contributed by atoms with van der Waals surface area (Å²) < 4.78 is 36.8. The van der Waals surface area contributed by atoms with Crippen LogP contribution in [-0.4, -0.2) is 51.8 Å². The Morgan fingerprint density at radius 1 is 1.18 bits per heavy atom. The molecule has 4 aromatic rings. The molecule has 6 rings (SSSR count). The Kier molecular flexibility index (Phi) is 7.20. The number of aromatic nitrogens is 3. The van der Waals surface area contributed by atoms with Crippen molar-refractivity contribution in [3.63, 3.8) is 0 Å². The van der Waals surface area contributed by atoms with E-state index in [1.54, 1.807) is 18.6 Å².